The summed E-state index contributed by atoms with van der Waals surface area (Å²) in [4.78, 5) is 2.32. The first kappa shape index (κ1) is 83.9. The highest BCUT2D eigenvalue weighted by Gasteiger charge is 2.22. The summed E-state index contributed by atoms with van der Waals surface area (Å²) in [5.74, 6) is -0.961. The van der Waals surface area contributed by atoms with Gasteiger partial charge in [0.1, 0.15) is 23.3 Å². The molecule has 0 saturated carbocycles. The van der Waals surface area contributed by atoms with E-state index in [1.54, 1.807) is 0 Å². The minimum atomic E-state index is -0.259. The van der Waals surface area contributed by atoms with Gasteiger partial charge in [0.25, 0.3) is 0 Å². The van der Waals surface area contributed by atoms with E-state index in [2.05, 4.69) is 294 Å². The highest BCUT2D eigenvalue weighted by molar-refractivity contribution is 14.1. The van der Waals surface area contributed by atoms with Crippen molar-refractivity contribution in [1.29, 1.82) is 0 Å². The van der Waals surface area contributed by atoms with E-state index in [-0.39, 0.29) is 69.8 Å². The van der Waals surface area contributed by atoms with Crippen LogP contribution in [-0.2, 0) is 0 Å². The van der Waals surface area contributed by atoms with E-state index in [4.69, 9.17) is 5.73 Å². The summed E-state index contributed by atoms with van der Waals surface area (Å²) in [6, 6.07) is 130. The predicted octanol–water partition coefficient (Wildman–Crippen LogP) is 30.3. The number of nitrogens with zero attached hydrogens (tertiary/aromatic N) is 5. The Labute approximate surface area is 713 Å². The fraction of sp³-hybridized carbons (Fsp3) is 0.0377. The number of nitrogens with one attached hydrogen (secondary N) is 1. The van der Waals surface area contributed by atoms with E-state index in [0.29, 0.717) is 0 Å². The number of anilines is 6. The van der Waals surface area contributed by atoms with Gasteiger partial charge in [-0.05, 0) is 285 Å². The maximum Gasteiger partial charge on any atom is 0.123 e. The van der Waals surface area contributed by atoms with Crippen molar-refractivity contribution in [2.75, 3.05) is 16.0 Å². The maximum absolute atomic E-state index is 14.0. The van der Waals surface area contributed by atoms with Crippen LogP contribution in [0.3, 0.4) is 0 Å². The van der Waals surface area contributed by atoms with E-state index >= 15 is 0 Å². The molecule has 0 spiro atoms. The van der Waals surface area contributed by atoms with Gasteiger partial charge in [0, 0.05) is 120 Å². The van der Waals surface area contributed by atoms with Crippen molar-refractivity contribution in [3.63, 3.8) is 0 Å². The maximum atomic E-state index is 14.0. The molecule has 0 fully saturated rings. The molecule has 0 aliphatic rings. The quantitative estimate of drug-likeness (QED) is 0.0655. The van der Waals surface area contributed by atoms with Gasteiger partial charge < -0.3 is 34.2 Å². The summed E-state index contributed by atoms with van der Waals surface area (Å²) in [6.45, 7) is 0. The number of benzene rings is 18. The molecule has 0 aliphatic heterocycles. The third-order valence-corrected chi connectivity index (χ3v) is 21.9. The Morgan fingerprint density at radius 3 is 0.900 bits per heavy atom. The lowest BCUT2D eigenvalue weighted by atomic mass is 10.1. The number of halogens is 5. The zero-order valence-electron chi connectivity index (χ0n) is 62.4. The molecule has 7 nitrogen and oxygen atoms in total. The number of rotatable bonds is 9. The molecule has 18 aromatic carbocycles. The summed E-state index contributed by atoms with van der Waals surface area (Å²) in [6.07, 6.45) is 0. The monoisotopic (exact) mass is 1680 g/mol. The van der Waals surface area contributed by atoms with Crippen molar-refractivity contribution < 1.29 is 17.6 Å². The summed E-state index contributed by atoms with van der Waals surface area (Å²) in [7, 11) is 0. The number of nitrogen functional groups attached to an aromatic ring is 1. The fourth-order valence-corrected chi connectivity index (χ4v) is 16.6. The van der Waals surface area contributed by atoms with Crippen molar-refractivity contribution in [2.24, 2.45) is 0 Å². The molecule has 0 aliphatic carbocycles. The molecule has 0 saturated heterocycles. The molecule has 22 aromatic rings. The number of para-hydroxylation sites is 4. The molecule has 3 N–H and O–H groups in total. The minimum Gasteiger partial charge on any atom is -0.399 e. The van der Waals surface area contributed by atoms with Crippen LogP contribution in [0.2, 0.25) is 0 Å². The predicted molar refractivity (Wildman–Crippen MR) is 515 cm³/mol. The van der Waals surface area contributed by atoms with Gasteiger partial charge in [-0.25, -0.2) is 17.6 Å². The van der Waals surface area contributed by atoms with Crippen LogP contribution >= 0.6 is 22.6 Å². The standard InChI is InChI=1S/C46H29F2N3.C28H19FN2.C18H11FIN.C10H9N.4CH4.2B/c47-32-14-19-34(20-15-32)50-43-11-5-3-9-39(43)41-28-37(23-25-45(41)50)49(36-18-13-30-7-1-2-8-31(30)27-36)38-24-26-46-42(29-38)40-10-4-6-12-44(40)51(46)35-21-16-33(48)17-22-35;29-21-10-14-24(15-11-21)31-27-8-4-3-7-25(27)26-18-23(13-16-28(26)31)30-22-12-9-19-5-1-2-6-20(19)17-22;19-12-5-8-14(9-6-12)21-17-4-2-1-3-15(17)16-11-13(20)7-10-18(16)21;11-10-6-5-8-3-1-2-4-9(8)7-10;;;;;;/h1-29H;1-18,30H;1-11H;1-7H,11H2;4*1H4;;. The van der Waals surface area contributed by atoms with Crippen molar-refractivity contribution in [3.05, 3.63) is 421 Å². The first-order valence-corrected chi connectivity index (χ1v) is 38.7. The average molecular weight is 1680 g/mol. The van der Waals surface area contributed by atoms with Gasteiger partial charge >= 0.3 is 0 Å². The lowest BCUT2D eigenvalue weighted by Crippen LogP contribution is -2.10. The van der Waals surface area contributed by atoms with Crippen LogP contribution in [0.5, 0.6) is 0 Å². The van der Waals surface area contributed by atoms with Crippen LogP contribution in [0.15, 0.2) is 394 Å². The van der Waals surface area contributed by atoms with Crippen LogP contribution in [0, 0.1) is 26.8 Å². The molecule has 6 radical (unpaired) electrons. The van der Waals surface area contributed by atoms with Gasteiger partial charge in [0.2, 0.25) is 0 Å². The Balaban J connectivity index is 0.000000153. The SMILES string of the molecule is C.C.C.C.Fc1ccc(-n2c3ccccc3c3cc(I)ccc32)cc1.Fc1ccc(-n2c3ccccc3c3cc(N(c4ccc5ccccc5c4)c4ccc5c(c4)c4ccccc4n5-c4ccc(F)cc4)ccc32)cc1.Fc1ccc(-n2c3ccccc3c3cc(Nc4ccc5ccccc5c4)ccc32)cc1.Nc1ccc2ccccc2c1.[B].[B]. The fourth-order valence-electron chi connectivity index (χ4n) is 16.1. The van der Waals surface area contributed by atoms with E-state index in [1.165, 1.54) is 95.2 Å². The average Bonchev–Trinajstić information content (AvgIpc) is 1.60. The van der Waals surface area contributed by atoms with Gasteiger partial charge in [-0.2, -0.15) is 0 Å². The second kappa shape index (κ2) is 35.8. The molecular weight excluding hydrogens is 1600 g/mol. The van der Waals surface area contributed by atoms with Crippen LogP contribution in [0.1, 0.15) is 29.7 Å². The smallest absolute Gasteiger partial charge is 0.123 e. The van der Waals surface area contributed by atoms with Gasteiger partial charge in [0.05, 0.1) is 44.1 Å². The second-order valence-electron chi connectivity index (χ2n) is 28.3. The summed E-state index contributed by atoms with van der Waals surface area (Å²) >= 11 is 2.33. The number of aromatic nitrogens is 4. The Morgan fingerprint density at radius 2 is 0.500 bits per heavy atom. The molecule has 0 bridgehead atoms. The van der Waals surface area contributed by atoms with Crippen molar-refractivity contribution in [3.8, 4) is 22.7 Å². The lowest BCUT2D eigenvalue weighted by molar-refractivity contribution is 0.627. The van der Waals surface area contributed by atoms with Crippen molar-refractivity contribution in [2.45, 2.75) is 29.7 Å². The molecule has 0 amide bonds. The number of fused-ring (bicyclic) bond motifs is 15. The largest absolute Gasteiger partial charge is 0.399 e. The lowest BCUT2D eigenvalue weighted by Gasteiger charge is -2.26. The normalized spacial score (nSPS) is 10.8. The summed E-state index contributed by atoms with van der Waals surface area (Å²) in [5, 5.41) is 20.0. The zero-order chi connectivity index (χ0) is 76.9. The molecule has 0 atom stereocenters. The Morgan fingerprint density at radius 1 is 0.233 bits per heavy atom. The molecule has 584 valence electrons. The molecule has 22 rings (SSSR count). The van der Waals surface area contributed by atoms with E-state index < -0.39 is 0 Å². The topological polar surface area (TPSA) is 61.0 Å². The van der Waals surface area contributed by atoms with Crippen molar-refractivity contribution >= 4 is 193 Å². The molecule has 0 unspecified atom stereocenters. The molecule has 4 heterocycles. The number of hydrogen-bond acceptors (Lipinski definition) is 3. The molecule has 4 aromatic heterocycles. The Kier molecular flexibility index (Phi) is 25.0. The van der Waals surface area contributed by atoms with Gasteiger partial charge in [-0.15, -0.1) is 0 Å². The first-order chi connectivity index (χ1) is 56.0. The second-order valence-corrected chi connectivity index (χ2v) is 29.5. The van der Waals surface area contributed by atoms with Crippen LogP contribution in [-0.4, -0.2) is 35.1 Å². The first-order valence-electron chi connectivity index (χ1n) is 37.6. The van der Waals surface area contributed by atoms with Gasteiger partial charge in [-0.1, -0.05) is 193 Å². The van der Waals surface area contributed by atoms with E-state index in [0.717, 1.165) is 133 Å². The molecular formula is C106H84B2F4IN7. The Bertz CT molecular complexity index is 7260. The van der Waals surface area contributed by atoms with Crippen LogP contribution < -0.4 is 16.0 Å². The Hall–Kier alpha value is -14.1. The van der Waals surface area contributed by atoms with Crippen LogP contribution in [0.4, 0.5) is 51.7 Å². The molecule has 14 heteroatoms. The third kappa shape index (κ3) is 16.0. The zero-order valence-corrected chi connectivity index (χ0v) is 64.5. The minimum absolute atomic E-state index is 0. The number of hydrogen-bond donors (Lipinski definition) is 2. The van der Waals surface area contributed by atoms with Crippen molar-refractivity contribution in [1.82, 2.24) is 18.3 Å². The molecule has 120 heavy (non-hydrogen) atoms. The third-order valence-electron chi connectivity index (χ3n) is 21.3. The van der Waals surface area contributed by atoms with E-state index in [1.807, 2.05) is 103 Å². The van der Waals surface area contributed by atoms with E-state index in [9.17, 15) is 17.6 Å². The summed E-state index contributed by atoms with van der Waals surface area (Å²) < 4.78 is 64.6. The van der Waals surface area contributed by atoms with Crippen LogP contribution in [0.25, 0.3) is 142 Å². The summed E-state index contributed by atoms with van der Waals surface area (Å²) in [5.41, 5.74) is 24.0. The van der Waals surface area contributed by atoms with Gasteiger partial charge in [0.15, 0.2) is 0 Å². The van der Waals surface area contributed by atoms with Gasteiger partial charge in [-0.3, -0.25) is 0 Å². The highest BCUT2D eigenvalue weighted by atomic mass is 127. The number of nitrogens with two attached hydrogens (primary N) is 1. The highest BCUT2D eigenvalue weighted by Crippen LogP contribution is 2.44.